The molecule has 0 aliphatic rings. The summed E-state index contributed by atoms with van der Waals surface area (Å²) in [5.41, 5.74) is 5.83. The monoisotopic (exact) mass is 541 g/mol. The van der Waals surface area contributed by atoms with Crippen molar-refractivity contribution in [1.29, 1.82) is 0 Å². The van der Waals surface area contributed by atoms with Gasteiger partial charge in [0.1, 0.15) is 6.04 Å². The predicted molar refractivity (Wildman–Crippen MR) is 130 cm³/mol. The number of nitrogens with zero attached hydrogens (tertiary/aromatic N) is 2. The number of hydrogen-bond acceptors (Lipinski definition) is 10. The van der Waals surface area contributed by atoms with Crippen molar-refractivity contribution >= 4 is 32.0 Å². The molecule has 0 aromatic carbocycles. The lowest BCUT2D eigenvalue weighted by Gasteiger charge is -2.23. The van der Waals surface area contributed by atoms with Gasteiger partial charge in [0, 0.05) is 7.05 Å². The van der Waals surface area contributed by atoms with Crippen molar-refractivity contribution in [1.82, 2.24) is 4.90 Å². The summed E-state index contributed by atoms with van der Waals surface area (Å²) in [5, 5.41) is 9.15. The fourth-order valence-electron chi connectivity index (χ4n) is 2.19. The number of nitrogens with two attached hydrogens (primary N) is 1. The van der Waals surface area contributed by atoms with Crippen LogP contribution >= 0.6 is 7.75 Å². The van der Waals surface area contributed by atoms with Crippen molar-refractivity contribution in [2.24, 2.45) is 10.5 Å². The van der Waals surface area contributed by atoms with E-state index in [1.807, 2.05) is 13.8 Å². The van der Waals surface area contributed by atoms with Gasteiger partial charge in [-0.3, -0.25) is 9.05 Å². The van der Waals surface area contributed by atoms with Crippen LogP contribution in [0.1, 0.15) is 59.3 Å². The quantitative estimate of drug-likeness (QED) is 0.0796. The molecule has 0 heterocycles. The third-order valence-electron chi connectivity index (χ3n) is 4.40. The third-order valence-corrected chi connectivity index (χ3v) is 5.87. The summed E-state index contributed by atoms with van der Waals surface area (Å²) < 4.78 is 47.1. The van der Waals surface area contributed by atoms with Gasteiger partial charge < -0.3 is 34.7 Å². The Bertz CT molecular complexity index is 700. The number of carboxylic acids is 1. The summed E-state index contributed by atoms with van der Waals surface area (Å²) in [6.45, 7) is 5.71. The van der Waals surface area contributed by atoms with Gasteiger partial charge >= 0.3 is 26.0 Å². The molecule has 0 aromatic heterocycles. The standard InChI is InChI=1S/C21H40N3O11P/c1-5-11-30-20(27)32-13-7-9-15-34-36(29,23-19(22)24(4)17(3)18(25)26)35-16-10-8-14-33-21(28)31-12-6-2/h17H,5-16H2,1-4H3,(H,25,26)(H2,22,23,29). The largest absolute Gasteiger partial charge is 0.508 e. The molecule has 0 bridgehead atoms. The first-order valence-corrected chi connectivity index (χ1v) is 13.3. The summed E-state index contributed by atoms with van der Waals surface area (Å²) >= 11 is 0. The summed E-state index contributed by atoms with van der Waals surface area (Å²) in [6, 6.07) is -1.03. The summed E-state index contributed by atoms with van der Waals surface area (Å²) in [4.78, 5) is 34.9. The summed E-state index contributed by atoms with van der Waals surface area (Å²) in [7, 11) is -2.72. The van der Waals surface area contributed by atoms with Gasteiger partial charge in [-0.1, -0.05) is 13.8 Å². The highest BCUT2D eigenvalue weighted by molar-refractivity contribution is 7.52. The Morgan fingerprint density at radius 1 is 0.833 bits per heavy atom. The van der Waals surface area contributed by atoms with Crippen LogP contribution in [0.4, 0.5) is 9.59 Å². The van der Waals surface area contributed by atoms with E-state index in [4.69, 9.17) is 38.8 Å². The van der Waals surface area contributed by atoms with Crippen molar-refractivity contribution in [3.05, 3.63) is 0 Å². The van der Waals surface area contributed by atoms with E-state index in [0.29, 0.717) is 38.5 Å². The average molecular weight is 542 g/mol. The summed E-state index contributed by atoms with van der Waals surface area (Å²) in [5.74, 6) is -1.49. The first-order valence-electron chi connectivity index (χ1n) is 11.9. The second-order valence-electron chi connectivity index (χ2n) is 7.53. The first kappa shape index (κ1) is 33.4. The highest BCUT2D eigenvalue weighted by Gasteiger charge is 2.27. The number of aliphatic carboxylic acids is 1. The van der Waals surface area contributed by atoms with Gasteiger partial charge in [0.25, 0.3) is 0 Å². The van der Waals surface area contributed by atoms with E-state index in [2.05, 4.69) is 4.76 Å². The number of guanidine groups is 1. The van der Waals surface area contributed by atoms with Crippen LogP contribution in [0.5, 0.6) is 0 Å². The summed E-state index contributed by atoms with van der Waals surface area (Å²) in [6.07, 6.45) is 1.37. The van der Waals surface area contributed by atoms with E-state index in [9.17, 15) is 18.9 Å². The van der Waals surface area contributed by atoms with Crippen molar-refractivity contribution in [3.8, 4) is 0 Å². The lowest BCUT2D eigenvalue weighted by molar-refractivity contribution is -0.140. The van der Waals surface area contributed by atoms with Crippen molar-refractivity contribution in [2.45, 2.75) is 65.3 Å². The highest BCUT2D eigenvalue weighted by atomic mass is 31.2. The molecule has 0 amide bonds. The molecule has 15 heteroatoms. The van der Waals surface area contributed by atoms with Gasteiger partial charge in [-0.25, -0.2) is 18.9 Å². The molecule has 0 saturated carbocycles. The SMILES string of the molecule is CCCOC(=O)OCCCCOP(=O)(N=C(N)N(C)C(C)C(=O)O)OCCCCOC(=O)OCCC. The zero-order valence-corrected chi connectivity index (χ0v) is 22.4. The molecule has 1 atom stereocenters. The number of hydrogen-bond donors (Lipinski definition) is 2. The lowest BCUT2D eigenvalue weighted by Crippen LogP contribution is -2.44. The fraction of sp³-hybridized carbons (Fsp3) is 0.810. The molecule has 36 heavy (non-hydrogen) atoms. The van der Waals surface area contributed by atoms with Crippen LogP contribution in [0.2, 0.25) is 0 Å². The topological polar surface area (TPSA) is 186 Å². The minimum atomic E-state index is -4.10. The van der Waals surface area contributed by atoms with Crippen LogP contribution in [0.3, 0.4) is 0 Å². The number of carbonyl (C=O) groups excluding carboxylic acids is 2. The number of carboxylic acid groups (broad SMARTS) is 1. The number of carbonyl (C=O) groups is 3. The molecular weight excluding hydrogens is 501 g/mol. The predicted octanol–water partition coefficient (Wildman–Crippen LogP) is 3.53. The molecule has 0 aromatic rings. The van der Waals surface area contributed by atoms with Gasteiger partial charge in [-0.05, 0) is 45.4 Å². The molecule has 3 N–H and O–H groups in total. The van der Waals surface area contributed by atoms with Gasteiger partial charge in [0.05, 0.1) is 39.6 Å². The fourth-order valence-corrected chi connectivity index (χ4v) is 3.49. The van der Waals surface area contributed by atoms with Crippen LogP contribution in [-0.2, 0) is 37.4 Å². The van der Waals surface area contributed by atoms with Gasteiger partial charge in [0.15, 0.2) is 0 Å². The van der Waals surface area contributed by atoms with Gasteiger partial charge in [-0.2, -0.15) is 0 Å². The average Bonchev–Trinajstić information content (AvgIpc) is 2.84. The van der Waals surface area contributed by atoms with Gasteiger partial charge in [0.2, 0.25) is 5.96 Å². The number of ether oxygens (including phenoxy) is 4. The lowest BCUT2D eigenvalue weighted by atomic mass is 10.3. The smallest absolute Gasteiger partial charge is 0.480 e. The van der Waals surface area contributed by atoms with Crippen LogP contribution in [-0.4, -0.2) is 87.0 Å². The zero-order chi connectivity index (χ0) is 27.4. The van der Waals surface area contributed by atoms with Gasteiger partial charge in [-0.15, -0.1) is 4.76 Å². The molecule has 0 rings (SSSR count). The second kappa shape index (κ2) is 19.6. The molecule has 0 aliphatic carbocycles. The molecule has 0 aliphatic heterocycles. The van der Waals surface area contributed by atoms with Crippen molar-refractivity contribution in [2.75, 3.05) is 46.7 Å². The Labute approximate surface area is 212 Å². The van der Waals surface area contributed by atoms with Crippen molar-refractivity contribution in [3.63, 3.8) is 0 Å². The maximum absolute atomic E-state index is 13.1. The maximum atomic E-state index is 13.1. The Kier molecular flexibility index (Phi) is 18.2. The van der Waals surface area contributed by atoms with Crippen LogP contribution in [0.25, 0.3) is 0 Å². The Morgan fingerprint density at radius 3 is 1.61 bits per heavy atom. The zero-order valence-electron chi connectivity index (χ0n) is 21.5. The number of rotatable bonds is 19. The molecule has 0 saturated heterocycles. The normalized spacial score (nSPS) is 12.5. The van der Waals surface area contributed by atoms with E-state index in [1.165, 1.54) is 14.0 Å². The molecule has 0 fully saturated rings. The molecule has 0 radical (unpaired) electrons. The molecule has 1 unspecified atom stereocenters. The van der Waals surface area contributed by atoms with Crippen LogP contribution in [0.15, 0.2) is 4.76 Å². The van der Waals surface area contributed by atoms with E-state index in [1.54, 1.807) is 0 Å². The minimum Gasteiger partial charge on any atom is -0.480 e. The Morgan fingerprint density at radius 2 is 1.22 bits per heavy atom. The molecule has 14 nitrogen and oxygen atoms in total. The number of unbranched alkanes of at least 4 members (excludes halogenated alkanes) is 2. The van der Waals surface area contributed by atoms with Crippen LogP contribution in [0, 0.1) is 0 Å². The van der Waals surface area contributed by atoms with E-state index < -0.39 is 32.1 Å². The molecular formula is C21H40N3O11P. The minimum absolute atomic E-state index is 0.0496. The Hall–Kier alpha value is -2.57. The third kappa shape index (κ3) is 16.2. The van der Waals surface area contributed by atoms with E-state index in [-0.39, 0.29) is 45.6 Å². The Balaban J connectivity index is 4.76. The molecule has 210 valence electrons. The molecule has 0 spiro atoms. The van der Waals surface area contributed by atoms with Crippen molar-refractivity contribution < 1.29 is 52.1 Å². The van der Waals surface area contributed by atoms with Crippen LogP contribution < -0.4 is 5.73 Å². The second-order valence-corrected chi connectivity index (χ2v) is 9.18. The number of likely N-dealkylation sites (N-methyl/N-ethyl adjacent to an activating group) is 1. The van der Waals surface area contributed by atoms with E-state index >= 15 is 0 Å². The van der Waals surface area contributed by atoms with E-state index in [0.717, 1.165) is 4.90 Å². The first-order chi connectivity index (χ1) is 17.1. The highest BCUT2D eigenvalue weighted by Crippen LogP contribution is 2.50. The maximum Gasteiger partial charge on any atom is 0.508 e.